The van der Waals surface area contributed by atoms with Gasteiger partial charge in [-0.2, -0.15) is 15.2 Å². The van der Waals surface area contributed by atoms with E-state index in [0.29, 0.717) is 51.3 Å². The summed E-state index contributed by atoms with van der Waals surface area (Å²) in [6.45, 7) is 5.60. The van der Waals surface area contributed by atoms with Gasteiger partial charge in [0.1, 0.15) is 12.4 Å². The van der Waals surface area contributed by atoms with Crippen LogP contribution in [0.3, 0.4) is 0 Å². The Morgan fingerprint density at radius 2 is 2.00 bits per heavy atom. The summed E-state index contributed by atoms with van der Waals surface area (Å²) in [5.74, 6) is 0.980. The molecule has 6 heterocycles. The summed E-state index contributed by atoms with van der Waals surface area (Å²) >= 11 is 0. The molecule has 1 amide bonds. The number of carbonyl (C=O) groups is 1. The lowest BCUT2D eigenvalue weighted by molar-refractivity contribution is -0.133. The van der Waals surface area contributed by atoms with Gasteiger partial charge < -0.3 is 29.7 Å². The average Bonchev–Trinajstić information content (AvgIpc) is 3.80. The SMILES string of the molecule is CN1CCC[C@H]1COc1nc2c(c(N3CCN(C(=O)[C@@H]4CN4)[C@@H](CC#N)C3)n1)CCN(c1cncc3ccccc13)C2. The molecule has 0 radical (unpaired) electrons. The van der Waals surface area contributed by atoms with Crippen LogP contribution in [0.15, 0.2) is 36.7 Å². The maximum atomic E-state index is 13.0. The number of likely N-dealkylation sites (N-methyl/N-ethyl adjacent to an activating group) is 1. The van der Waals surface area contributed by atoms with Crippen LogP contribution in [0.5, 0.6) is 6.01 Å². The molecule has 3 atom stereocenters. The highest BCUT2D eigenvalue weighted by Gasteiger charge is 2.39. The van der Waals surface area contributed by atoms with Crippen molar-refractivity contribution in [1.82, 2.24) is 30.1 Å². The van der Waals surface area contributed by atoms with Gasteiger partial charge in [0, 0.05) is 61.3 Å². The third kappa shape index (κ3) is 5.21. The average molecular weight is 568 g/mol. The summed E-state index contributed by atoms with van der Waals surface area (Å²) in [5.41, 5.74) is 3.19. The Morgan fingerprint density at radius 1 is 1.12 bits per heavy atom. The Hall–Kier alpha value is -4.01. The molecular formula is C31H37N9O2. The molecule has 1 N–H and O–H groups in total. The fourth-order valence-electron chi connectivity index (χ4n) is 6.69. The number of rotatable bonds is 7. The highest BCUT2D eigenvalue weighted by atomic mass is 16.5. The summed E-state index contributed by atoms with van der Waals surface area (Å²) < 4.78 is 6.30. The van der Waals surface area contributed by atoms with Crippen LogP contribution < -0.4 is 19.9 Å². The Labute approximate surface area is 246 Å². The van der Waals surface area contributed by atoms with E-state index in [0.717, 1.165) is 60.6 Å². The number of likely N-dealkylation sites (tertiary alicyclic amines) is 1. The highest BCUT2D eigenvalue weighted by Crippen LogP contribution is 2.34. The zero-order chi connectivity index (χ0) is 28.6. The first-order chi connectivity index (χ1) is 20.6. The Balaban J connectivity index is 1.20. The molecule has 3 saturated heterocycles. The largest absolute Gasteiger partial charge is 0.462 e. The van der Waals surface area contributed by atoms with Crippen LogP contribution in [0, 0.1) is 11.3 Å². The lowest BCUT2D eigenvalue weighted by Gasteiger charge is -2.42. The molecule has 7 rings (SSSR count). The highest BCUT2D eigenvalue weighted by molar-refractivity contribution is 5.93. The van der Waals surface area contributed by atoms with Crippen LogP contribution in [0.4, 0.5) is 11.5 Å². The quantitative estimate of drug-likeness (QED) is 0.424. The number of ether oxygens (including phenoxy) is 1. The molecule has 0 saturated carbocycles. The van der Waals surface area contributed by atoms with Gasteiger partial charge in [0.05, 0.1) is 48.7 Å². The zero-order valence-corrected chi connectivity index (χ0v) is 24.1. The third-order valence-electron chi connectivity index (χ3n) is 9.19. The van der Waals surface area contributed by atoms with Crippen LogP contribution >= 0.6 is 0 Å². The normalized spacial score (nSPS) is 24.0. The summed E-state index contributed by atoms with van der Waals surface area (Å²) in [6.07, 6.45) is 7.21. The minimum Gasteiger partial charge on any atom is -0.462 e. The second-order valence-corrected chi connectivity index (χ2v) is 11.8. The topological polar surface area (TPSA) is 124 Å². The van der Waals surface area contributed by atoms with Gasteiger partial charge in [-0.15, -0.1) is 0 Å². The molecule has 42 heavy (non-hydrogen) atoms. The maximum Gasteiger partial charge on any atom is 0.318 e. The summed E-state index contributed by atoms with van der Waals surface area (Å²) in [6, 6.07) is 11.1. The third-order valence-corrected chi connectivity index (χ3v) is 9.19. The van der Waals surface area contributed by atoms with Crippen molar-refractivity contribution in [2.45, 2.75) is 50.4 Å². The standard InChI is InChI=1S/C31H37N9O2/c1-37-11-4-6-23(37)20-42-31-35-27-19-38(28-17-33-15-21-5-2-3-7-24(21)28)12-9-25(27)29(36-31)39-13-14-40(22(18-39)8-10-32)30(41)26-16-34-26/h2-3,5,7,15,17,22-23,26,34H,4,6,8-9,11-14,16,18-20H2,1H3/t22-,23-,26-/m0/s1. The minimum atomic E-state index is -0.178. The number of nitriles is 1. The van der Waals surface area contributed by atoms with Gasteiger partial charge in [-0.25, -0.2) is 0 Å². The van der Waals surface area contributed by atoms with Crippen molar-refractivity contribution in [3.63, 3.8) is 0 Å². The van der Waals surface area contributed by atoms with Crippen LogP contribution in [0.25, 0.3) is 10.8 Å². The second kappa shape index (κ2) is 11.3. The van der Waals surface area contributed by atoms with E-state index >= 15 is 0 Å². The van der Waals surface area contributed by atoms with Crippen LogP contribution in [-0.2, 0) is 17.8 Å². The summed E-state index contributed by atoms with van der Waals surface area (Å²) in [5, 5.41) is 15.0. The fraction of sp³-hybridized carbons (Fsp3) is 0.516. The van der Waals surface area contributed by atoms with Crippen molar-refractivity contribution >= 4 is 28.2 Å². The van der Waals surface area contributed by atoms with Gasteiger partial charge in [0.25, 0.3) is 0 Å². The van der Waals surface area contributed by atoms with Crippen molar-refractivity contribution in [3.8, 4) is 12.1 Å². The van der Waals surface area contributed by atoms with Crippen molar-refractivity contribution in [1.29, 1.82) is 5.26 Å². The number of hydrogen-bond acceptors (Lipinski definition) is 10. The molecule has 0 unspecified atom stereocenters. The van der Waals surface area contributed by atoms with Crippen molar-refractivity contribution in [2.75, 3.05) is 62.7 Å². The zero-order valence-electron chi connectivity index (χ0n) is 24.1. The van der Waals surface area contributed by atoms with Crippen molar-refractivity contribution in [2.24, 2.45) is 0 Å². The number of piperazine rings is 1. The van der Waals surface area contributed by atoms with E-state index < -0.39 is 0 Å². The molecule has 218 valence electrons. The first-order valence-corrected chi connectivity index (χ1v) is 15.1. The molecule has 2 aromatic heterocycles. The van der Waals surface area contributed by atoms with Crippen molar-refractivity contribution in [3.05, 3.63) is 47.9 Å². The molecule has 4 aliphatic heterocycles. The molecule has 4 aliphatic rings. The van der Waals surface area contributed by atoms with E-state index in [1.165, 1.54) is 11.8 Å². The molecular weight excluding hydrogens is 530 g/mol. The number of amides is 1. The van der Waals surface area contributed by atoms with Gasteiger partial charge >= 0.3 is 6.01 Å². The summed E-state index contributed by atoms with van der Waals surface area (Å²) in [4.78, 5) is 36.3. The number of fused-ring (bicyclic) bond motifs is 2. The smallest absolute Gasteiger partial charge is 0.318 e. The monoisotopic (exact) mass is 567 g/mol. The van der Waals surface area contributed by atoms with E-state index in [4.69, 9.17) is 14.7 Å². The van der Waals surface area contributed by atoms with Gasteiger partial charge in [0.15, 0.2) is 0 Å². The number of benzene rings is 1. The van der Waals surface area contributed by atoms with E-state index in [9.17, 15) is 10.1 Å². The van der Waals surface area contributed by atoms with E-state index in [1.807, 2.05) is 23.4 Å². The number of nitrogens with zero attached hydrogens (tertiary/aromatic N) is 8. The minimum absolute atomic E-state index is 0.101. The molecule has 0 bridgehead atoms. The predicted molar refractivity (Wildman–Crippen MR) is 159 cm³/mol. The second-order valence-electron chi connectivity index (χ2n) is 11.8. The number of anilines is 2. The predicted octanol–water partition coefficient (Wildman–Crippen LogP) is 1.96. The molecule has 0 aliphatic carbocycles. The van der Waals surface area contributed by atoms with E-state index in [-0.39, 0.29) is 18.0 Å². The molecule has 11 nitrogen and oxygen atoms in total. The number of hydrogen-bond donors (Lipinski definition) is 1. The van der Waals surface area contributed by atoms with E-state index in [2.05, 4.69) is 56.3 Å². The van der Waals surface area contributed by atoms with Gasteiger partial charge in [-0.1, -0.05) is 24.3 Å². The molecule has 3 fully saturated rings. The number of aromatic nitrogens is 3. The Kier molecular flexibility index (Phi) is 7.25. The lowest BCUT2D eigenvalue weighted by atomic mass is 10.0. The summed E-state index contributed by atoms with van der Waals surface area (Å²) in [7, 11) is 2.14. The molecule has 1 aromatic carbocycles. The first-order valence-electron chi connectivity index (χ1n) is 15.1. The van der Waals surface area contributed by atoms with Gasteiger partial charge in [-0.05, 0) is 32.9 Å². The maximum absolute atomic E-state index is 13.0. The van der Waals surface area contributed by atoms with Crippen LogP contribution in [0.2, 0.25) is 0 Å². The number of carbonyl (C=O) groups excluding carboxylic acids is 1. The van der Waals surface area contributed by atoms with Gasteiger partial charge in [-0.3, -0.25) is 9.78 Å². The van der Waals surface area contributed by atoms with Crippen molar-refractivity contribution < 1.29 is 9.53 Å². The molecule has 3 aromatic rings. The van der Waals surface area contributed by atoms with E-state index in [1.54, 1.807) is 0 Å². The first kappa shape index (κ1) is 26.9. The van der Waals surface area contributed by atoms with Gasteiger partial charge in [0.2, 0.25) is 5.91 Å². The Morgan fingerprint density at radius 3 is 2.81 bits per heavy atom. The molecule has 11 heteroatoms. The number of pyridine rings is 1. The lowest BCUT2D eigenvalue weighted by Crippen LogP contribution is -2.57. The van der Waals surface area contributed by atoms with Crippen LogP contribution in [-0.4, -0.2) is 102 Å². The molecule has 0 spiro atoms. The Bertz CT molecular complexity index is 1510. The fourth-order valence-corrected chi connectivity index (χ4v) is 6.69. The number of nitrogens with one attached hydrogen (secondary N) is 1. The van der Waals surface area contributed by atoms with Crippen LogP contribution in [0.1, 0.15) is 30.5 Å².